The number of hydrogen-bond acceptors (Lipinski definition) is 7. The van der Waals surface area contributed by atoms with E-state index in [1.165, 1.54) is 13.2 Å². The second-order valence-corrected chi connectivity index (χ2v) is 12.9. The highest BCUT2D eigenvalue weighted by Crippen LogP contribution is 2.50. The van der Waals surface area contributed by atoms with Crippen molar-refractivity contribution in [2.24, 2.45) is 11.7 Å². The molecule has 6 rings (SSSR count). The maximum atomic E-state index is 15.2. The number of rotatable bonds is 8. The Bertz CT molecular complexity index is 1930. The van der Waals surface area contributed by atoms with Gasteiger partial charge in [-0.3, -0.25) is 14.6 Å². The highest BCUT2D eigenvalue weighted by atomic mass is 79.9. The molecule has 2 aliphatic rings. The molecule has 9 nitrogen and oxygen atoms in total. The summed E-state index contributed by atoms with van der Waals surface area (Å²) in [6, 6.07) is 8.28. The molecule has 45 heavy (non-hydrogen) atoms. The summed E-state index contributed by atoms with van der Waals surface area (Å²) >= 11 is 9.48. The minimum atomic E-state index is -1.73. The Morgan fingerprint density at radius 1 is 1.22 bits per heavy atom. The zero-order valence-electron chi connectivity index (χ0n) is 24.4. The van der Waals surface area contributed by atoms with E-state index >= 15 is 4.39 Å². The maximum absolute atomic E-state index is 15.2. The molecule has 1 aliphatic carbocycles. The molecule has 2 aromatic heterocycles. The zero-order valence-corrected chi connectivity index (χ0v) is 26.8. The molecule has 0 radical (unpaired) electrons. The fourth-order valence-corrected chi connectivity index (χ4v) is 6.12. The van der Waals surface area contributed by atoms with Crippen LogP contribution >= 0.6 is 27.5 Å². The van der Waals surface area contributed by atoms with Crippen LogP contribution in [0.15, 0.2) is 40.9 Å². The minimum absolute atomic E-state index is 0.0663. The normalized spacial score (nSPS) is 18.6. The van der Waals surface area contributed by atoms with Crippen LogP contribution in [0.2, 0.25) is 5.02 Å². The summed E-state index contributed by atoms with van der Waals surface area (Å²) in [6.07, 6.45) is 1.26. The number of methoxy groups -OCH3 is 1. The molecule has 2 aromatic carbocycles. The van der Waals surface area contributed by atoms with E-state index in [1.54, 1.807) is 19.1 Å². The Balaban J connectivity index is 1.42. The van der Waals surface area contributed by atoms with Gasteiger partial charge in [0.2, 0.25) is 5.91 Å². The number of carbonyl (C=O) groups is 2. The number of nitrogens with one attached hydrogen (secondary N) is 1. The van der Waals surface area contributed by atoms with Gasteiger partial charge in [0.25, 0.3) is 5.91 Å². The van der Waals surface area contributed by atoms with E-state index in [9.17, 15) is 19.1 Å². The second kappa shape index (κ2) is 11.2. The van der Waals surface area contributed by atoms with Crippen molar-refractivity contribution in [2.45, 2.75) is 30.8 Å². The van der Waals surface area contributed by atoms with E-state index in [-0.39, 0.29) is 57.9 Å². The molecule has 14 heteroatoms. The first-order chi connectivity index (χ1) is 21.3. The second-order valence-electron chi connectivity index (χ2n) is 11.7. The van der Waals surface area contributed by atoms with Crippen LogP contribution in [0, 0.1) is 17.6 Å². The van der Waals surface area contributed by atoms with Crippen LogP contribution in [0.5, 0.6) is 11.5 Å². The number of aliphatic hydroxyl groups is 1. The lowest BCUT2D eigenvalue weighted by atomic mass is 9.81. The van der Waals surface area contributed by atoms with Gasteiger partial charge in [-0.15, -0.1) is 0 Å². The average Bonchev–Trinajstić information content (AvgIpc) is 3.81. The molecule has 4 N–H and O–H groups in total. The van der Waals surface area contributed by atoms with E-state index in [0.29, 0.717) is 35.6 Å². The molecule has 0 unspecified atom stereocenters. The summed E-state index contributed by atoms with van der Waals surface area (Å²) in [6.45, 7) is 1.15. The van der Waals surface area contributed by atoms with E-state index in [1.807, 2.05) is 13.9 Å². The van der Waals surface area contributed by atoms with Crippen LogP contribution in [0.3, 0.4) is 0 Å². The van der Waals surface area contributed by atoms with Crippen LogP contribution in [0.4, 0.5) is 8.78 Å². The van der Waals surface area contributed by atoms with Crippen molar-refractivity contribution in [3.05, 3.63) is 74.3 Å². The predicted molar refractivity (Wildman–Crippen MR) is 170 cm³/mol. The minimum Gasteiger partial charge on any atom is -0.494 e. The van der Waals surface area contributed by atoms with Crippen LogP contribution in [-0.2, 0) is 15.8 Å². The van der Waals surface area contributed by atoms with Crippen LogP contribution < -0.4 is 26.1 Å². The molecule has 2 atom stereocenters. The first-order valence-electron chi connectivity index (χ1n) is 14.1. The lowest BCUT2D eigenvalue weighted by Gasteiger charge is -2.30. The standard InChI is InChI=1S/C31H27BBrClF2N4O5/c1-30(29(37)42)12-45-26-17(30)9-23(39-25(26)16-8-19(34)21(36)10-20(16)35)31(43,15-3-4-15)11-38-28(41)14-5-13-6-18(33)27(32)40-24(13)22(7-14)44-2/h5-10,15,43H,3-4,11-12,32H2,1-2H3,(H2,37,42)(H,38,41)/t30-,31+/m0/s1. The molecule has 1 aliphatic heterocycles. The molecular weight excluding hydrogens is 673 g/mol. The number of benzene rings is 2. The van der Waals surface area contributed by atoms with Gasteiger partial charge in [0.1, 0.15) is 52.0 Å². The van der Waals surface area contributed by atoms with Gasteiger partial charge in [0, 0.05) is 38.2 Å². The van der Waals surface area contributed by atoms with Crippen molar-refractivity contribution in [1.82, 2.24) is 15.3 Å². The van der Waals surface area contributed by atoms with E-state index in [2.05, 4.69) is 31.2 Å². The Hall–Kier alpha value is -3.81. The van der Waals surface area contributed by atoms with Gasteiger partial charge in [-0.25, -0.2) is 13.8 Å². The third kappa shape index (κ3) is 5.30. The van der Waals surface area contributed by atoms with Crippen molar-refractivity contribution in [3.63, 3.8) is 0 Å². The number of hydrogen-bond donors (Lipinski definition) is 3. The molecule has 1 saturated carbocycles. The molecule has 3 heterocycles. The number of carbonyl (C=O) groups excluding carboxylic acids is 2. The lowest BCUT2D eigenvalue weighted by Crippen LogP contribution is -2.44. The van der Waals surface area contributed by atoms with E-state index in [0.717, 1.165) is 16.1 Å². The van der Waals surface area contributed by atoms with Crippen molar-refractivity contribution < 1.29 is 33.0 Å². The summed E-state index contributed by atoms with van der Waals surface area (Å²) in [5.74, 6) is -2.96. The number of primary amides is 1. The lowest BCUT2D eigenvalue weighted by molar-refractivity contribution is -0.123. The number of nitrogens with two attached hydrogens (primary N) is 1. The third-order valence-electron chi connectivity index (χ3n) is 8.59. The van der Waals surface area contributed by atoms with Crippen molar-refractivity contribution in [1.29, 1.82) is 0 Å². The van der Waals surface area contributed by atoms with Gasteiger partial charge in [0.15, 0.2) is 7.85 Å². The van der Waals surface area contributed by atoms with Crippen LogP contribution in [-0.4, -0.2) is 55.0 Å². The fraction of sp³-hybridized carbons (Fsp3) is 0.290. The van der Waals surface area contributed by atoms with Gasteiger partial charge in [0.05, 0.1) is 24.4 Å². The van der Waals surface area contributed by atoms with E-state index < -0.39 is 34.5 Å². The highest BCUT2D eigenvalue weighted by Gasteiger charge is 2.50. The Morgan fingerprint density at radius 2 is 1.96 bits per heavy atom. The number of nitrogens with zero attached hydrogens (tertiary/aromatic N) is 2. The van der Waals surface area contributed by atoms with E-state index in [4.69, 9.17) is 26.8 Å². The average molecular weight is 700 g/mol. The molecule has 232 valence electrons. The summed E-state index contributed by atoms with van der Waals surface area (Å²) in [7, 11) is 3.33. The molecule has 2 amide bonds. The number of fused-ring (bicyclic) bond motifs is 2. The summed E-state index contributed by atoms with van der Waals surface area (Å²) < 4.78 is 41.3. The third-order valence-corrected chi connectivity index (χ3v) is 9.68. The first-order valence-corrected chi connectivity index (χ1v) is 15.2. The van der Waals surface area contributed by atoms with Gasteiger partial charge in [-0.05, 0) is 71.9 Å². The van der Waals surface area contributed by atoms with Gasteiger partial charge >= 0.3 is 0 Å². The topological polar surface area (TPSA) is 137 Å². The quantitative estimate of drug-likeness (QED) is 0.190. The highest BCUT2D eigenvalue weighted by molar-refractivity contribution is 9.10. The summed E-state index contributed by atoms with van der Waals surface area (Å²) in [5.41, 5.74) is 4.40. The molecule has 4 aromatic rings. The largest absolute Gasteiger partial charge is 0.494 e. The van der Waals surface area contributed by atoms with Crippen molar-refractivity contribution in [3.8, 4) is 22.8 Å². The molecular formula is C31H27BBrClF2N4O5. The Morgan fingerprint density at radius 3 is 2.62 bits per heavy atom. The van der Waals surface area contributed by atoms with Crippen molar-refractivity contribution in [2.75, 3.05) is 20.3 Å². The fourth-order valence-electron chi connectivity index (χ4n) is 5.63. The number of pyridine rings is 2. The molecule has 0 bridgehead atoms. The van der Waals surface area contributed by atoms with Gasteiger partial charge in [-0.2, -0.15) is 0 Å². The molecule has 1 fully saturated rings. The number of halogens is 4. The zero-order chi connectivity index (χ0) is 32.4. The van der Waals surface area contributed by atoms with Crippen LogP contribution in [0.25, 0.3) is 22.2 Å². The van der Waals surface area contributed by atoms with Crippen molar-refractivity contribution >= 4 is 63.7 Å². The van der Waals surface area contributed by atoms with Gasteiger partial charge < -0.3 is 25.6 Å². The summed E-state index contributed by atoms with van der Waals surface area (Å²) in [4.78, 5) is 35.3. The number of ether oxygens (including phenoxy) is 2. The number of amides is 2. The predicted octanol–water partition coefficient (Wildman–Crippen LogP) is 3.42. The number of aromatic nitrogens is 2. The van der Waals surface area contributed by atoms with Gasteiger partial charge in [-0.1, -0.05) is 11.6 Å². The van der Waals surface area contributed by atoms with Crippen LogP contribution in [0.1, 0.15) is 41.4 Å². The SMILES string of the molecule is Bc1nc2c(OC)cc(C(=O)NC[C@](O)(c3cc4c(c(-c5cc(Cl)c(F)cc5F)n3)OC[C@]4(C)C(N)=O)C3CC3)cc2cc1Br. The Kier molecular flexibility index (Phi) is 7.77. The maximum Gasteiger partial charge on any atom is 0.251 e. The smallest absolute Gasteiger partial charge is 0.251 e. The molecule has 0 saturated heterocycles. The first kappa shape index (κ1) is 31.2. The monoisotopic (exact) mass is 698 g/mol. The molecule has 0 spiro atoms. The Labute approximate surface area is 271 Å². The summed E-state index contributed by atoms with van der Waals surface area (Å²) in [5, 5.41) is 15.3.